The van der Waals surface area contributed by atoms with Gasteiger partial charge in [-0.2, -0.15) is 0 Å². The first-order chi connectivity index (χ1) is 7.11. The van der Waals surface area contributed by atoms with Crippen molar-refractivity contribution in [2.24, 2.45) is 17.6 Å². The van der Waals surface area contributed by atoms with Crippen molar-refractivity contribution in [3.05, 3.63) is 0 Å². The van der Waals surface area contributed by atoms with E-state index in [1.807, 2.05) is 0 Å². The van der Waals surface area contributed by atoms with Crippen LogP contribution in [0, 0.1) is 11.8 Å². The van der Waals surface area contributed by atoms with E-state index < -0.39 is 0 Å². The molecule has 2 fully saturated rings. The summed E-state index contributed by atoms with van der Waals surface area (Å²) in [6, 6.07) is 0.450. The Morgan fingerprint density at radius 2 is 1.80 bits per heavy atom. The SMILES string of the molecule is CC(CN)N1CC2CN(C)CC(C1)C2O. The fourth-order valence-electron chi connectivity index (χ4n) is 2.99. The van der Waals surface area contributed by atoms with Crippen LogP contribution < -0.4 is 5.73 Å². The molecule has 2 bridgehead atoms. The molecule has 2 saturated heterocycles. The maximum Gasteiger partial charge on any atom is 0.0645 e. The van der Waals surface area contributed by atoms with Crippen molar-refractivity contribution in [3.8, 4) is 0 Å². The van der Waals surface area contributed by atoms with Crippen LogP contribution in [0.3, 0.4) is 0 Å². The van der Waals surface area contributed by atoms with Crippen molar-refractivity contribution in [1.82, 2.24) is 9.80 Å². The Labute approximate surface area is 92.0 Å². The first-order valence-electron chi connectivity index (χ1n) is 5.92. The highest BCUT2D eigenvalue weighted by Gasteiger charge is 2.41. The third-order valence-electron chi connectivity index (χ3n) is 3.96. The Hall–Kier alpha value is -0.160. The second kappa shape index (κ2) is 4.37. The summed E-state index contributed by atoms with van der Waals surface area (Å²) in [4.78, 5) is 4.78. The van der Waals surface area contributed by atoms with Crippen LogP contribution in [0.1, 0.15) is 6.92 Å². The van der Waals surface area contributed by atoms with Crippen LogP contribution in [0.4, 0.5) is 0 Å². The summed E-state index contributed by atoms with van der Waals surface area (Å²) >= 11 is 0. The van der Waals surface area contributed by atoms with Crippen molar-refractivity contribution in [1.29, 1.82) is 0 Å². The predicted octanol–water partition coefficient (Wildman–Crippen LogP) is -0.812. The van der Waals surface area contributed by atoms with Gasteiger partial charge in [-0.15, -0.1) is 0 Å². The van der Waals surface area contributed by atoms with Gasteiger partial charge in [0.05, 0.1) is 6.10 Å². The van der Waals surface area contributed by atoms with Crippen LogP contribution in [-0.4, -0.2) is 66.8 Å². The van der Waals surface area contributed by atoms with Gasteiger partial charge in [0.2, 0.25) is 0 Å². The van der Waals surface area contributed by atoms with Crippen molar-refractivity contribution >= 4 is 0 Å². The second-order valence-electron chi connectivity index (χ2n) is 5.27. The third kappa shape index (κ3) is 2.18. The Bertz CT molecular complexity index is 208. The Morgan fingerprint density at radius 1 is 1.27 bits per heavy atom. The van der Waals surface area contributed by atoms with E-state index in [4.69, 9.17) is 5.73 Å². The molecule has 0 spiro atoms. The van der Waals surface area contributed by atoms with Gasteiger partial charge in [0.15, 0.2) is 0 Å². The molecule has 2 aliphatic rings. The molecule has 2 aliphatic heterocycles. The van der Waals surface area contributed by atoms with E-state index in [0.29, 0.717) is 24.4 Å². The van der Waals surface area contributed by atoms with Crippen molar-refractivity contribution in [2.75, 3.05) is 39.8 Å². The molecule has 2 rings (SSSR count). The van der Waals surface area contributed by atoms with E-state index in [9.17, 15) is 5.11 Å². The molecular weight excluding hydrogens is 190 g/mol. The average Bonchev–Trinajstić information content (AvgIpc) is 2.19. The smallest absolute Gasteiger partial charge is 0.0645 e. The van der Waals surface area contributed by atoms with Gasteiger partial charge >= 0.3 is 0 Å². The van der Waals surface area contributed by atoms with Crippen LogP contribution >= 0.6 is 0 Å². The molecule has 15 heavy (non-hydrogen) atoms. The number of aliphatic hydroxyl groups excluding tert-OH is 1. The molecule has 88 valence electrons. The van der Waals surface area contributed by atoms with Crippen LogP contribution in [0.25, 0.3) is 0 Å². The van der Waals surface area contributed by atoms with E-state index in [1.54, 1.807) is 0 Å². The zero-order valence-corrected chi connectivity index (χ0v) is 9.76. The number of aliphatic hydroxyl groups is 1. The highest BCUT2D eigenvalue weighted by atomic mass is 16.3. The first kappa shape index (κ1) is 11.3. The molecule has 3 atom stereocenters. The summed E-state index contributed by atoms with van der Waals surface area (Å²) in [6.07, 6.45) is -0.0950. The van der Waals surface area contributed by atoms with Crippen LogP contribution in [0.15, 0.2) is 0 Å². The van der Waals surface area contributed by atoms with E-state index in [0.717, 1.165) is 26.2 Å². The zero-order valence-electron chi connectivity index (χ0n) is 9.76. The molecule has 2 heterocycles. The molecule has 0 aromatic heterocycles. The molecule has 0 aromatic rings. The molecule has 4 nitrogen and oxygen atoms in total. The highest BCUT2D eigenvalue weighted by Crippen LogP contribution is 2.29. The number of piperidine rings is 2. The molecule has 0 aromatic carbocycles. The predicted molar refractivity (Wildman–Crippen MR) is 60.6 cm³/mol. The topological polar surface area (TPSA) is 52.7 Å². The van der Waals surface area contributed by atoms with E-state index in [1.165, 1.54) is 0 Å². The Balaban J connectivity index is 2.02. The van der Waals surface area contributed by atoms with Gasteiger partial charge in [0.1, 0.15) is 0 Å². The number of fused-ring (bicyclic) bond motifs is 2. The number of likely N-dealkylation sites (tertiary alicyclic amines) is 2. The minimum absolute atomic E-state index is 0.0950. The van der Waals surface area contributed by atoms with E-state index in [-0.39, 0.29) is 6.10 Å². The highest BCUT2D eigenvalue weighted by molar-refractivity contribution is 4.94. The number of hydrogen-bond acceptors (Lipinski definition) is 4. The molecule has 0 aliphatic carbocycles. The lowest BCUT2D eigenvalue weighted by molar-refractivity contribution is -0.0797. The zero-order chi connectivity index (χ0) is 11.0. The molecule has 0 saturated carbocycles. The number of rotatable bonds is 2. The fourth-order valence-corrected chi connectivity index (χ4v) is 2.99. The largest absolute Gasteiger partial charge is 0.392 e. The Kier molecular flexibility index (Phi) is 3.30. The summed E-state index contributed by atoms with van der Waals surface area (Å²) in [7, 11) is 2.15. The number of nitrogens with two attached hydrogens (primary N) is 1. The third-order valence-corrected chi connectivity index (χ3v) is 3.96. The number of nitrogens with zero attached hydrogens (tertiary/aromatic N) is 2. The molecular formula is C11H23N3O. The quantitative estimate of drug-likeness (QED) is 0.630. The summed E-state index contributed by atoms with van der Waals surface area (Å²) in [5, 5.41) is 10.1. The minimum Gasteiger partial charge on any atom is -0.392 e. The van der Waals surface area contributed by atoms with Gasteiger partial charge in [-0.25, -0.2) is 0 Å². The molecule has 0 amide bonds. The van der Waals surface area contributed by atoms with Crippen LogP contribution in [-0.2, 0) is 0 Å². The van der Waals surface area contributed by atoms with Crippen molar-refractivity contribution in [3.63, 3.8) is 0 Å². The fraction of sp³-hybridized carbons (Fsp3) is 1.00. The monoisotopic (exact) mass is 213 g/mol. The summed E-state index contributed by atoms with van der Waals surface area (Å²) < 4.78 is 0. The maximum atomic E-state index is 10.1. The molecule has 0 radical (unpaired) electrons. The van der Waals surface area contributed by atoms with Gasteiger partial charge in [-0.1, -0.05) is 0 Å². The van der Waals surface area contributed by atoms with Gasteiger partial charge in [-0.3, -0.25) is 4.90 Å². The lowest BCUT2D eigenvalue weighted by atomic mass is 9.81. The lowest BCUT2D eigenvalue weighted by Crippen LogP contribution is -2.61. The first-order valence-corrected chi connectivity index (χ1v) is 5.92. The number of hydrogen-bond donors (Lipinski definition) is 2. The van der Waals surface area contributed by atoms with Gasteiger partial charge in [-0.05, 0) is 14.0 Å². The van der Waals surface area contributed by atoms with Crippen molar-refractivity contribution < 1.29 is 5.11 Å². The Morgan fingerprint density at radius 3 is 2.27 bits per heavy atom. The molecule has 3 unspecified atom stereocenters. The summed E-state index contributed by atoms with van der Waals surface area (Å²) in [5.41, 5.74) is 5.70. The van der Waals surface area contributed by atoms with Gasteiger partial charge in [0.25, 0.3) is 0 Å². The maximum absolute atomic E-state index is 10.1. The van der Waals surface area contributed by atoms with Gasteiger partial charge < -0.3 is 15.7 Å². The normalized spacial score (nSPS) is 40.4. The lowest BCUT2D eigenvalue weighted by Gasteiger charge is -2.49. The summed E-state index contributed by atoms with van der Waals surface area (Å²) in [6.45, 7) is 6.93. The minimum atomic E-state index is -0.0950. The van der Waals surface area contributed by atoms with Crippen molar-refractivity contribution in [2.45, 2.75) is 19.1 Å². The summed E-state index contributed by atoms with van der Waals surface area (Å²) in [5.74, 6) is 0.827. The standard InChI is InChI=1S/C11H23N3O/c1-8(3-12)14-6-9-4-13(2)5-10(7-14)11(9)15/h8-11,15H,3-7,12H2,1-2H3. The van der Waals surface area contributed by atoms with E-state index in [2.05, 4.69) is 23.8 Å². The van der Waals surface area contributed by atoms with E-state index >= 15 is 0 Å². The van der Waals surface area contributed by atoms with Crippen LogP contribution in [0.2, 0.25) is 0 Å². The second-order valence-corrected chi connectivity index (χ2v) is 5.27. The molecule has 4 heteroatoms. The average molecular weight is 213 g/mol. The van der Waals surface area contributed by atoms with Gasteiger partial charge in [0, 0.05) is 50.6 Å². The molecule has 3 N–H and O–H groups in total. The van der Waals surface area contributed by atoms with Crippen LogP contribution in [0.5, 0.6) is 0 Å².